The number of carbonyl (C=O) groups excluding carboxylic acids is 2. The number of unbranched alkanes of at least 4 members (excludes halogenated alkanes) is 3. The standard InChI is InChI=1S/C22H32O7/c1-6-9-10-11-12-22(28-16(23)13-17(24)29-22)18-14(7-2)20(26-4)19(25)21(27-5)15(18)8-3/h25H,6-13H2,1-5H3. The molecule has 29 heavy (non-hydrogen) atoms. The van der Waals surface area contributed by atoms with Gasteiger partial charge in [-0.25, -0.2) is 0 Å². The summed E-state index contributed by atoms with van der Waals surface area (Å²) < 4.78 is 22.5. The van der Waals surface area contributed by atoms with Crippen LogP contribution in [0.15, 0.2) is 0 Å². The van der Waals surface area contributed by atoms with Gasteiger partial charge in [0.25, 0.3) is 5.79 Å². The molecule has 7 heteroatoms. The highest BCUT2D eigenvalue weighted by Gasteiger charge is 2.48. The summed E-state index contributed by atoms with van der Waals surface area (Å²) >= 11 is 0. The summed E-state index contributed by atoms with van der Waals surface area (Å²) in [4.78, 5) is 24.6. The number of benzene rings is 1. The van der Waals surface area contributed by atoms with Gasteiger partial charge in [0.1, 0.15) is 6.42 Å². The molecule has 0 radical (unpaired) electrons. The quantitative estimate of drug-likeness (QED) is 0.353. The first-order chi connectivity index (χ1) is 13.9. The topological polar surface area (TPSA) is 91.3 Å². The molecule has 0 spiro atoms. The Morgan fingerprint density at radius 1 is 0.897 bits per heavy atom. The lowest BCUT2D eigenvalue weighted by atomic mass is 9.85. The Morgan fingerprint density at radius 2 is 1.41 bits per heavy atom. The van der Waals surface area contributed by atoms with Gasteiger partial charge in [-0.05, 0) is 19.3 Å². The summed E-state index contributed by atoms with van der Waals surface area (Å²) in [6.07, 6.45) is 4.60. The van der Waals surface area contributed by atoms with Gasteiger partial charge in [-0.3, -0.25) is 9.59 Å². The Kier molecular flexibility index (Phi) is 7.76. The van der Waals surface area contributed by atoms with E-state index in [-0.39, 0.29) is 17.2 Å². The van der Waals surface area contributed by atoms with Crippen LogP contribution in [-0.4, -0.2) is 31.3 Å². The number of hydrogen-bond acceptors (Lipinski definition) is 7. The highest BCUT2D eigenvalue weighted by Crippen LogP contribution is 2.51. The van der Waals surface area contributed by atoms with Gasteiger partial charge in [-0.15, -0.1) is 0 Å². The third-order valence-corrected chi connectivity index (χ3v) is 5.28. The molecule has 1 saturated heterocycles. The molecule has 0 unspecified atom stereocenters. The smallest absolute Gasteiger partial charge is 0.320 e. The second-order valence-corrected chi connectivity index (χ2v) is 7.14. The number of rotatable bonds is 10. The van der Waals surface area contributed by atoms with Crippen molar-refractivity contribution in [2.75, 3.05) is 14.2 Å². The fraction of sp³-hybridized carbons (Fsp3) is 0.636. The number of methoxy groups -OCH3 is 2. The zero-order valence-corrected chi connectivity index (χ0v) is 18.1. The van der Waals surface area contributed by atoms with E-state index in [1.165, 1.54) is 14.2 Å². The molecule has 0 atom stereocenters. The summed E-state index contributed by atoms with van der Waals surface area (Å²) in [6, 6.07) is 0. The lowest BCUT2D eigenvalue weighted by Crippen LogP contribution is -2.44. The number of phenols is 1. The highest BCUT2D eigenvalue weighted by atomic mass is 16.7. The molecule has 162 valence electrons. The van der Waals surface area contributed by atoms with E-state index in [4.69, 9.17) is 18.9 Å². The largest absolute Gasteiger partial charge is 0.502 e. The van der Waals surface area contributed by atoms with Crippen molar-refractivity contribution in [2.45, 2.75) is 77.9 Å². The highest BCUT2D eigenvalue weighted by molar-refractivity contribution is 5.93. The lowest BCUT2D eigenvalue weighted by Gasteiger charge is -2.39. The molecule has 0 aromatic heterocycles. The van der Waals surface area contributed by atoms with Crippen LogP contribution in [0.25, 0.3) is 0 Å². The van der Waals surface area contributed by atoms with E-state index in [9.17, 15) is 14.7 Å². The van der Waals surface area contributed by atoms with Gasteiger partial charge in [0.2, 0.25) is 5.75 Å². The molecule has 1 fully saturated rings. The van der Waals surface area contributed by atoms with E-state index in [1.807, 2.05) is 13.8 Å². The zero-order valence-electron chi connectivity index (χ0n) is 18.1. The summed E-state index contributed by atoms with van der Waals surface area (Å²) in [7, 11) is 2.91. The number of hydrogen-bond donors (Lipinski definition) is 1. The second kappa shape index (κ2) is 9.85. The third-order valence-electron chi connectivity index (χ3n) is 5.28. The van der Waals surface area contributed by atoms with Crippen LogP contribution in [0.4, 0.5) is 0 Å². The second-order valence-electron chi connectivity index (χ2n) is 7.14. The first kappa shape index (κ1) is 22.8. The van der Waals surface area contributed by atoms with Crippen LogP contribution >= 0.6 is 0 Å². The molecule has 1 aromatic rings. The first-order valence-corrected chi connectivity index (χ1v) is 10.3. The van der Waals surface area contributed by atoms with Crippen molar-refractivity contribution < 1.29 is 33.6 Å². The molecular formula is C22H32O7. The number of phenolic OH excluding ortho intramolecular Hbond substituents is 1. The van der Waals surface area contributed by atoms with E-state index < -0.39 is 24.1 Å². The maximum atomic E-state index is 12.3. The minimum absolute atomic E-state index is 0.109. The number of esters is 2. The van der Waals surface area contributed by atoms with Crippen molar-refractivity contribution in [3.05, 3.63) is 16.7 Å². The van der Waals surface area contributed by atoms with Crippen LogP contribution in [-0.2, 0) is 37.7 Å². The van der Waals surface area contributed by atoms with Gasteiger partial charge in [-0.2, -0.15) is 0 Å². The van der Waals surface area contributed by atoms with Crippen molar-refractivity contribution in [3.63, 3.8) is 0 Å². The van der Waals surface area contributed by atoms with Crippen LogP contribution in [0.3, 0.4) is 0 Å². The Hall–Kier alpha value is -2.44. The molecule has 1 aromatic carbocycles. The fourth-order valence-corrected chi connectivity index (χ4v) is 4.06. The van der Waals surface area contributed by atoms with Crippen molar-refractivity contribution in [1.82, 2.24) is 0 Å². The number of ether oxygens (including phenoxy) is 4. The third kappa shape index (κ3) is 4.43. The summed E-state index contributed by atoms with van der Waals surface area (Å²) in [5, 5.41) is 10.7. The number of cyclic esters (lactones) is 2. The summed E-state index contributed by atoms with van der Waals surface area (Å²) in [5.41, 5.74) is 1.83. The van der Waals surface area contributed by atoms with E-state index >= 15 is 0 Å². The average Bonchev–Trinajstić information content (AvgIpc) is 2.69. The SMILES string of the molecule is CCCCCCC1(c2c(CC)c(OC)c(O)c(OC)c2CC)OC(=O)CC(=O)O1. The zero-order chi connectivity index (χ0) is 21.6. The van der Waals surface area contributed by atoms with Crippen molar-refractivity contribution >= 4 is 11.9 Å². The molecule has 0 amide bonds. The van der Waals surface area contributed by atoms with E-state index in [0.29, 0.717) is 42.4 Å². The van der Waals surface area contributed by atoms with E-state index in [2.05, 4.69) is 6.92 Å². The maximum absolute atomic E-state index is 12.3. The van der Waals surface area contributed by atoms with Crippen LogP contribution < -0.4 is 9.47 Å². The molecule has 2 rings (SSSR count). The Bertz CT molecular complexity index is 705. The molecule has 0 bridgehead atoms. The van der Waals surface area contributed by atoms with Gasteiger partial charge in [0, 0.05) is 17.5 Å². The normalized spacial score (nSPS) is 15.6. The number of carbonyl (C=O) groups is 2. The number of aromatic hydroxyl groups is 1. The Labute approximate surface area is 172 Å². The predicted octanol–water partition coefficient (Wildman–Crippen LogP) is 4.15. The molecule has 1 aliphatic heterocycles. The minimum atomic E-state index is -1.55. The minimum Gasteiger partial charge on any atom is -0.502 e. The van der Waals surface area contributed by atoms with E-state index in [0.717, 1.165) is 19.3 Å². The molecular weight excluding hydrogens is 376 g/mol. The van der Waals surface area contributed by atoms with Gasteiger partial charge in [0.15, 0.2) is 11.5 Å². The fourth-order valence-electron chi connectivity index (χ4n) is 4.06. The van der Waals surface area contributed by atoms with Crippen LogP contribution in [0.1, 0.15) is 76.0 Å². The molecule has 7 nitrogen and oxygen atoms in total. The first-order valence-electron chi connectivity index (χ1n) is 10.3. The molecule has 1 aliphatic rings. The molecule has 1 heterocycles. The van der Waals surface area contributed by atoms with Crippen LogP contribution in [0.5, 0.6) is 17.2 Å². The monoisotopic (exact) mass is 408 g/mol. The maximum Gasteiger partial charge on any atom is 0.320 e. The lowest BCUT2D eigenvalue weighted by molar-refractivity contribution is -0.253. The Balaban J connectivity index is 2.77. The summed E-state index contributed by atoms with van der Waals surface area (Å²) in [6.45, 7) is 5.92. The molecule has 0 aliphatic carbocycles. The van der Waals surface area contributed by atoms with Gasteiger partial charge < -0.3 is 24.1 Å². The van der Waals surface area contributed by atoms with Crippen molar-refractivity contribution in [1.29, 1.82) is 0 Å². The predicted molar refractivity (Wildman–Crippen MR) is 107 cm³/mol. The molecule has 1 N–H and O–H groups in total. The summed E-state index contributed by atoms with van der Waals surface area (Å²) in [5.74, 6) is -2.42. The van der Waals surface area contributed by atoms with Crippen LogP contribution in [0.2, 0.25) is 0 Å². The van der Waals surface area contributed by atoms with Crippen LogP contribution in [0, 0.1) is 0 Å². The molecule has 0 saturated carbocycles. The van der Waals surface area contributed by atoms with Gasteiger partial charge in [-0.1, -0.05) is 40.0 Å². The Morgan fingerprint density at radius 3 is 1.83 bits per heavy atom. The van der Waals surface area contributed by atoms with Gasteiger partial charge in [0.05, 0.1) is 19.8 Å². The van der Waals surface area contributed by atoms with E-state index in [1.54, 1.807) is 0 Å². The van der Waals surface area contributed by atoms with Crippen molar-refractivity contribution in [3.8, 4) is 17.2 Å². The average molecular weight is 408 g/mol. The van der Waals surface area contributed by atoms with Gasteiger partial charge >= 0.3 is 11.9 Å². The van der Waals surface area contributed by atoms with Crippen molar-refractivity contribution in [2.24, 2.45) is 0 Å².